The van der Waals surface area contributed by atoms with Crippen LogP contribution >= 0.6 is 0 Å². The molecule has 0 amide bonds. The molecule has 0 spiro atoms. The van der Waals surface area contributed by atoms with Crippen molar-refractivity contribution in [2.45, 2.75) is 12.7 Å². The highest BCUT2D eigenvalue weighted by molar-refractivity contribution is 6.08. The highest BCUT2D eigenvalue weighted by atomic mass is 14.1. The summed E-state index contributed by atoms with van der Waals surface area (Å²) in [6.07, 6.45) is 6.75. The van der Waals surface area contributed by atoms with Crippen LogP contribution in [0.25, 0.3) is 6.08 Å². The highest BCUT2D eigenvalue weighted by Gasteiger charge is 2.06. The maximum absolute atomic E-state index is 2.24. The average molecular weight is 142 g/mol. The SMILES string of the molecule is BCc1cccc2c1CC=C2. The van der Waals surface area contributed by atoms with Gasteiger partial charge in [0.05, 0.1) is 0 Å². The normalized spacial score (nSPS) is 13.5. The number of benzene rings is 1. The second kappa shape index (κ2) is 2.57. The van der Waals surface area contributed by atoms with Crippen molar-refractivity contribution >= 4 is 13.9 Å². The molecule has 0 aromatic heterocycles. The molecule has 0 aliphatic heterocycles. The Balaban J connectivity index is 2.55. The number of rotatable bonds is 1. The molecule has 0 bridgehead atoms. The first-order valence-corrected chi connectivity index (χ1v) is 4.19. The van der Waals surface area contributed by atoms with E-state index in [9.17, 15) is 0 Å². The predicted octanol–water partition coefficient (Wildman–Crippen LogP) is 1.39. The Hall–Kier alpha value is -0.975. The van der Waals surface area contributed by atoms with E-state index < -0.39 is 0 Å². The van der Waals surface area contributed by atoms with E-state index >= 15 is 0 Å². The predicted molar refractivity (Wildman–Crippen MR) is 51.4 cm³/mol. The van der Waals surface area contributed by atoms with Crippen molar-refractivity contribution < 1.29 is 0 Å². The fourth-order valence-electron chi connectivity index (χ4n) is 1.69. The van der Waals surface area contributed by atoms with Crippen molar-refractivity contribution in [1.82, 2.24) is 0 Å². The second-order valence-electron chi connectivity index (χ2n) is 2.94. The van der Waals surface area contributed by atoms with Crippen LogP contribution in [-0.2, 0) is 12.7 Å². The Morgan fingerprint density at radius 1 is 1.36 bits per heavy atom. The summed E-state index contributed by atoms with van der Waals surface area (Å²) in [4.78, 5) is 0. The fraction of sp³-hybridized carbons (Fsp3) is 0.200. The molecule has 0 N–H and O–H groups in total. The minimum absolute atomic E-state index is 1.14. The highest BCUT2D eigenvalue weighted by Crippen LogP contribution is 2.22. The van der Waals surface area contributed by atoms with E-state index in [2.05, 4.69) is 38.2 Å². The van der Waals surface area contributed by atoms with Gasteiger partial charge in [0.2, 0.25) is 0 Å². The molecule has 0 saturated carbocycles. The molecule has 0 atom stereocenters. The van der Waals surface area contributed by atoms with Crippen LogP contribution in [0.1, 0.15) is 16.7 Å². The van der Waals surface area contributed by atoms with Crippen LogP contribution in [0.2, 0.25) is 0 Å². The van der Waals surface area contributed by atoms with E-state index in [1.54, 1.807) is 0 Å². The Bertz CT molecular complexity index is 300. The number of hydrogen-bond acceptors (Lipinski definition) is 0. The molecule has 11 heavy (non-hydrogen) atoms. The molecule has 0 saturated heterocycles. The largest absolute Gasteiger partial charge is 0.107 e. The summed E-state index contributed by atoms with van der Waals surface area (Å²) < 4.78 is 0. The Labute approximate surface area is 68.3 Å². The van der Waals surface area contributed by atoms with Gasteiger partial charge in [-0.2, -0.15) is 0 Å². The molecule has 1 aliphatic rings. The molecule has 0 fully saturated rings. The van der Waals surface area contributed by atoms with Gasteiger partial charge in [0.25, 0.3) is 0 Å². The topological polar surface area (TPSA) is 0 Å². The maximum atomic E-state index is 2.24. The van der Waals surface area contributed by atoms with Gasteiger partial charge in [0.1, 0.15) is 7.85 Å². The van der Waals surface area contributed by atoms with Gasteiger partial charge in [-0.05, 0) is 17.5 Å². The van der Waals surface area contributed by atoms with Crippen LogP contribution in [0.5, 0.6) is 0 Å². The summed E-state index contributed by atoms with van der Waals surface area (Å²) in [6.45, 7) is 0. The van der Waals surface area contributed by atoms with Crippen LogP contribution in [0.4, 0.5) is 0 Å². The van der Waals surface area contributed by atoms with Crippen LogP contribution in [0, 0.1) is 0 Å². The lowest BCUT2D eigenvalue weighted by molar-refractivity contribution is 1.22. The van der Waals surface area contributed by atoms with Crippen molar-refractivity contribution in [1.29, 1.82) is 0 Å². The standard InChI is InChI=1S/C10H11B/c11-7-9-5-1-3-8-4-2-6-10(8)9/h1-5H,6-7,11H2. The third-order valence-electron chi connectivity index (χ3n) is 2.31. The molecule has 1 aliphatic carbocycles. The fourth-order valence-corrected chi connectivity index (χ4v) is 1.69. The van der Waals surface area contributed by atoms with Crippen molar-refractivity contribution in [3.8, 4) is 0 Å². The van der Waals surface area contributed by atoms with Gasteiger partial charge in [0.15, 0.2) is 0 Å². The zero-order chi connectivity index (χ0) is 7.68. The minimum Gasteiger partial charge on any atom is -0.0795 e. The Morgan fingerprint density at radius 2 is 2.27 bits per heavy atom. The van der Waals surface area contributed by atoms with Crippen molar-refractivity contribution in [3.05, 3.63) is 41.0 Å². The number of allylic oxidation sites excluding steroid dienone is 1. The zero-order valence-electron chi connectivity index (χ0n) is 6.80. The van der Waals surface area contributed by atoms with Crippen molar-refractivity contribution in [2.75, 3.05) is 0 Å². The van der Waals surface area contributed by atoms with Gasteiger partial charge in [-0.15, -0.1) is 0 Å². The Kier molecular flexibility index (Phi) is 1.57. The van der Waals surface area contributed by atoms with Crippen LogP contribution in [0.3, 0.4) is 0 Å². The average Bonchev–Trinajstić information content (AvgIpc) is 2.50. The molecular formula is C10H11B. The lowest BCUT2D eigenvalue weighted by atomic mass is 9.91. The smallest absolute Gasteiger partial charge is 0.0795 e. The van der Waals surface area contributed by atoms with E-state index in [0.717, 1.165) is 12.7 Å². The first-order valence-electron chi connectivity index (χ1n) is 4.19. The van der Waals surface area contributed by atoms with E-state index in [4.69, 9.17) is 0 Å². The molecule has 0 unspecified atom stereocenters. The monoisotopic (exact) mass is 142 g/mol. The van der Waals surface area contributed by atoms with Gasteiger partial charge >= 0.3 is 0 Å². The molecule has 1 aromatic carbocycles. The molecule has 1 heteroatoms. The number of fused-ring (bicyclic) bond motifs is 1. The summed E-state index contributed by atoms with van der Waals surface area (Å²) >= 11 is 0. The lowest BCUT2D eigenvalue weighted by Gasteiger charge is -2.04. The third kappa shape index (κ3) is 1.01. The van der Waals surface area contributed by atoms with Gasteiger partial charge < -0.3 is 0 Å². The number of hydrogen-bond donors (Lipinski definition) is 0. The minimum atomic E-state index is 1.14. The van der Waals surface area contributed by atoms with E-state index in [1.165, 1.54) is 16.7 Å². The zero-order valence-corrected chi connectivity index (χ0v) is 6.80. The van der Waals surface area contributed by atoms with Gasteiger partial charge in [-0.25, -0.2) is 0 Å². The van der Waals surface area contributed by atoms with Crippen LogP contribution < -0.4 is 0 Å². The molecule has 54 valence electrons. The van der Waals surface area contributed by atoms with E-state index in [-0.39, 0.29) is 0 Å². The molecule has 1 aromatic rings. The van der Waals surface area contributed by atoms with Crippen molar-refractivity contribution in [3.63, 3.8) is 0 Å². The molecule has 0 heterocycles. The summed E-state index contributed by atoms with van der Waals surface area (Å²) in [7, 11) is 2.22. The van der Waals surface area contributed by atoms with Crippen molar-refractivity contribution in [2.24, 2.45) is 0 Å². The van der Waals surface area contributed by atoms with E-state index in [1.807, 2.05) is 0 Å². The van der Waals surface area contributed by atoms with E-state index in [0.29, 0.717) is 0 Å². The maximum Gasteiger partial charge on any atom is 0.107 e. The lowest BCUT2D eigenvalue weighted by Crippen LogP contribution is -1.92. The summed E-state index contributed by atoms with van der Waals surface area (Å²) in [5.41, 5.74) is 4.46. The van der Waals surface area contributed by atoms with Gasteiger partial charge in [-0.3, -0.25) is 0 Å². The molecular weight excluding hydrogens is 131 g/mol. The summed E-state index contributed by atoms with van der Waals surface area (Å²) in [6, 6.07) is 6.57. The third-order valence-corrected chi connectivity index (χ3v) is 2.31. The second-order valence-corrected chi connectivity index (χ2v) is 2.94. The van der Waals surface area contributed by atoms with Crippen LogP contribution in [-0.4, -0.2) is 7.85 Å². The van der Waals surface area contributed by atoms with Crippen LogP contribution in [0.15, 0.2) is 24.3 Å². The first kappa shape index (κ1) is 6.72. The van der Waals surface area contributed by atoms with Gasteiger partial charge in [0, 0.05) is 0 Å². The van der Waals surface area contributed by atoms with Gasteiger partial charge in [-0.1, -0.05) is 42.2 Å². The quantitative estimate of drug-likeness (QED) is 0.519. The summed E-state index contributed by atoms with van der Waals surface area (Å²) in [5, 5.41) is 0. The first-order chi connectivity index (χ1) is 5.42. The summed E-state index contributed by atoms with van der Waals surface area (Å²) in [5.74, 6) is 0. The molecule has 0 radical (unpaired) electrons. The molecule has 2 rings (SSSR count). The molecule has 0 nitrogen and oxygen atoms in total. The Morgan fingerprint density at radius 3 is 3.09 bits per heavy atom.